The van der Waals surface area contributed by atoms with E-state index in [1.807, 2.05) is 6.07 Å². The quantitative estimate of drug-likeness (QED) is 0.927. The van der Waals surface area contributed by atoms with Crippen molar-refractivity contribution >= 4 is 33.1 Å². The van der Waals surface area contributed by atoms with Gasteiger partial charge in [0.05, 0.1) is 0 Å². The molecule has 0 fully saturated rings. The fraction of sp³-hybridized carbons (Fsp3) is 0.308. The van der Waals surface area contributed by atoms with Crippen LogP contribution in [0, 0.1) is 11.3 Å². The Labute approximate surface area is 124 Å². The van der Waals surface area contributed by atoms with E-state index in [0.717, 1.165) is 11.0 Å². The lowest BCUT2D eigenvalue weighted by atomic mass is 9.91. The van der Waals surface area contributed by atoms with Crippen molar-refractivity contribution in [1.29, 1.82) is 5.26 Å². The predicted octanol–water partition coefficient (Wildman–Crippen LogP) is 3.56. The molecule has 0 atom stereocenters. The van der Waals surface area contributed by atoms with Crippen LogP contribution in [0.4, 0.5) is 5.82 Å². The molecule has 0 saturated heterocycles. The van der Waals surface area contributed by atoms with Crippen molar-refractivity contribution in [2.24, 2.45) is 0 Å². The van der Waals surface area contributed by atoms with E-state index in [1.165, 1.54) is 11.2 Å². The maximum Gasteiger partial charge on any atom is 0.145 e. The number of nitrogens with one attached hydrogen (secondary N) is 1. The number of hydrogen-bond acceptors (Lipinski definition) is 5. The zero-order valence-corrected chi connectivity index (χ0v) is 13.0. The molecule has 0 aliphatic rings. The van der Waals surface area contributed by atoms with Crippen LogP contribution in [0.5, 0.6) is 0 Å². The monoisotopic (exact) mass is 336 g/mol. The van der Waals surface area contributed by atoms with E-state index in [1.54, 1.807) is 17.4 Å². The van der Waals surface area contributed by atoms with Crippen molar-refractivity contribution in [2.45, 2.75) is 19.3 Å². The molecule has 0 aromatic carbocycles. The van der Waals surface area contributed by atoms with Crippen LogP contribution in [0.25, 0.3) is 0 Å². The molecular weight excluding hydrogens is 324 g/mol. The van der Waals surface area contributed by atoms with Crippen LogP contribution >= 0.6 is 27.3 Å². The van der Waals surface area contributed by atoms with Gasteiger partial charge in [0.25, 0.3) is 0 Å². The summed E-state index contributed by atoms with van der Waals surface area (Å²) < 4.78 is 1.11. The van der Waals surface area contributed by atoms with Gasteiger partial charge in [-0.25, -0.2) is 9.97 Å². The van der Waals surface area contributed by atoms with E-state index in [0.29, 0.717) is 11.5 Å². The topological polar surface area (TPSA) is 61.6 Å². The van der Waals surface area contributed by atoms with Gasteiger partial charge in [-0.3, -0.25) is 0 Å². The van der Waals surface area contributed by atoms with Crippen LogP contribution in [0.3, 0.4) is 0 Å². The Morgan fingerprint density at radius 2 is 2.21 bits per heavy atom. The maximum atomic E-state index is 8.80. The smallest absolute Gasteiger partial charge is 0.145 e. The summed E-state index contributed by atoms with van der Waals surface area (Å²) >= 11 is 5.20. The van der Waals surface area contributed by atoms with Crippen LogP contribution in [0.1, 0.15) is 24.4 Å². The Hall–Kier alpha value is -1.45. The number of thiophene rings is 1. The summed E-state index contributed by atoms with van der Waals surface area (Å²) in [5.74, 6) is 0.676. The minimum atomic E-state index is -0.00551. The molecule has 2 aromatic heterocycles. The van der Waals surface area contributed by atoms with Crippen LogP contribution in [0.2, 0.25) is 0 Å². The van der Waals surface area contributed by atoms with Crippen molar-refractivity contribution in [1.82, 2.24) is 9.97 Å². The summed E-state index contributed by atoms with van der Waals surface area (Å²) in [6.07, 6.45) is 1.40. The molecule has 0 unspecified atom stereocenters. The van der Waals surface area contributed by atoms with E-state index in [2.05, 4.69) is 56.5 Å². The molecule has 0 aliphatic carbocycles. The molecule has 2 heterocycles. The number of rotatable bonds is 4. The van der Waals surface area contributed by atoms with E-state index in [9.17, 15) is 0 Å². The summed E-state index contributed by atoms with van der Waals surface area (Å²) in [6.45, 7) is 5.08. The summed E-state index contributed by atoms with van der Waals surface area (Å²) in [5, 5.41) is 14.1. The van der Waals surface area contributed by atoms with Gasteiger partial charge in [-0.2, -0.15) is 5.26 Å². The first kappa shape index (κ1) is 14.0. The molecule has 19 heavy (non-hydrogen) atoms. The minimum absolute atomic E-state index is 0.00551. The fourth-order valence-corrected chi connectivity index (χ4v) is 3.14. The normalized spacial score (nSPS) is 11.1. The van der Waals surface area contributed by atoms with Crippen molar-refractivity contribution in [3.63, 3.8) is 0 Å². The Bertz CT molecular complexity index is 615. The molecule has 2 aromatic rings. The molecule has 1 N–H and O–H groups in total. The third-order valence-corrected chi connectivity index (χ3v) is 4.78. The molecule has 0 amide bonds. The van der Waals surface area contributed by atoms with Gasteiger partial charge >= 0.3 is 0 Å². The summed E-state index contributed by atoms with van der Waals surface area (Å²) in [5.41, 5.74) is 0.364. The summed E-state index contributed by atoms with van der Waals surface area (Å²) in [4.78, 5) is 9.25. The second-order valence-corrected chi connectivity index (χ2v) is 6.59. The lowest BCUT2D eigenvalue weighted by Gasteiger charge is -2.23. The second-order valence-electron chi connectivity index (χ2n) is 4.77. The Balaban J connectivity index is 2.07. The number of anilines is 1. The molecule has 4 nitrogen and oxygen atoms in total. The van der Waals surface area contributed by atoms with Gasteiger partial charge < -0.3 is 5.32 Å². The molecule has 0 radical (unpaired) electrons. The highest BCUT2D eigenvalue weighted by Crippen LogP contribution is 2.31. The number of halogens is 1. The van der Waals surface area contributed by atoms with E-state index >= 15 is 0 Å². The predicted molar refractivity (Wildman–Crippen MR) is 80.3 cm³/mol. The summed E-state index contributed by atoms with van der Waals surface area (Å²) in [7, 11) is 0. The Kier molecular flexibility index (Phi) is 4.17. The third kappa shape index (κ3) is 3.52. The van der Waals surface area contributed by atoms with Gasteiger partial charge in [0.2, 0.25) is 0 Å². The zero-order chi connectivity index (χ0) is 13.9. The third-order valence-electron chi connectivity index (χ3n) is 2.73. The second kappa shape index (κ2) is 5.68. The largest absolute Gasteiger partial charge is 0.369 e. The molecule has 2 rings (SSSR count). The first-order valence-corrected chi connectivity index (χ1v) is 7.39. The van der Waals surface area contributed by atoms with Crippen LogP contribution in [-0.4, -0.2) is 16.5 Å². The number of nitrogens with zero attached hydrogens (tertiary/aromatic N) is 3. The molecule has 0 saturated carbocycles. The highest BCUT2D eigenvalue weighted by atomic mass is 79.9. The minimum Gasteiger partial charge on any atom is -0.369 e. The number of nitriles is 1. The molecule has 0 aliphatic heterocycles. The van der Waals surface area contributed by atoms with Gasteiger partial charge in [0.15, 0.2) is 0 Å². The van der Waals surface area contributed by atoms with Gasteiger partial charge in [0, 0.05) is 32.8 Å². The Morgan fingerprint density at radius 1 is 1.42 bits per heavy atom. The Morgan fingerprint density at radius 3 is 2.84 bits per heavy atom. The van der Waals surface area contributed by atoms with Crippen molar-refractivity contribution < 1.29 is 0 Å². The summed E-state index contributed by atoms with van der Waals surface area (Å²) in [6, 6.07) is 5.79. The van der Waals surface area contributed by atoms with Gasteiger partial charge in [0.1, 0.15) is 23.9 Å². The van der Waals surface area contributed by atoms with Crippen molar-refractivity contribution in [2.75, 3.05) is 11.9 Å². The van der Waals surface area contributed by atoms with Crippen molar-refractivity contribution in [3.8, 4) is 6.07 Å². The molecule has 98 valence electrons. The van der Waals surface area contributed by atoms with Crippen LogP contribution < -0.4 is 5.32 Å². The van der Waals surface area contributed by atoms with Gasteiger partial charge in [-0.1, -0.05) is 13.8 Å². The SMILES string of the molecule is CC(C)(CNc1cc(C#N)ncn1)c1cc(Br)cs1. The molecule has 0 spiro atoms. The van der Waals surface area contributed by atoms with Crippen LogP contribution in [-0.2, 0) is 5.41 Å². The number of aromatic nitrogens is 2. The fourth-order valence-electron chi connectivity index (χ4n) is 1.58. The first-order valence-electron chi connectivity index (χ1n) is 5.72. The lowest BCUT2D eigenvalue weighted by molar-refractivity contribution is 0.568. The molecule has 6 heteroatoms. The van der Waals surface area contributed by atoms with E-state index in [-0.39, 0.29) is 5.41 Å². The standard InChI is InChI=1S/C13H13BrN4S/c1-13(2,11-3-9(14)6-19-11)7-16-12-4-10(5-15)17-8-18-12/h3-4,6,8H,7H2,1-2H3,(H,16,17,18). The van der Waals surface area contributed by atoms with Gasteiger partial charge in [-0.15, -0.1) is 11.3 Å². The van der Waals surface area contributed by atoms with E-state index in [4.69, 9.17) is 5.26 Å². The van der Waals surface area contributed by atoms with Crippen molar-refractivity contribution in [3.05, 3.63) is 38.9 Å². The average molecular weight is 337 g/mol. The number of hydrogen-bond donors (Lipinski definition) is 1. The highest BCUT2D eigenvalue weighted by Gasteiger charge is 2.22. The highest BCUT2D eigenvalue weighted by molar-refractivity contribution is 9.10. The maximum absolute atomic E-state index is 8.80. The molecule has 0 bridgehead atoms. The zero-order valence-electron chi connectivity index (χ0n) is 10.6. The lowest BCUT2D eigenvalue weighted by Crippen LogP contribution is -2.26. The van der Waals surface area contributed by atoms with Gasteiger partial charge in [-0.05, 0) is 22.0 Å². The molecular formula is C13H13BrN4S. The first-order chi connectivity index (χ1) is 9.01. The average Bonchev–Trinajstić information content (AvgIpc) is 2.84. The van der Waals surface area contributed by atoms with Crippen LogP contribution in [0.15, 0.2) is 28.3 Å². The van der Waals surface area contributed by atoms with E-state index < -0.39 is 0 Å².